The van der Waals surface area contributed by atoms with E-state index < -0.39 is 5.82 Å². The molecule has 0 radical (unpaired) electrons. The first-order chi connectivity index (χ1) is 16.4. The number of rotatable bonds is 5. The summed E-state index contributed by atoms with van der Waals surface area (Å²) in [6.45, 7) is 4.37. The number of hydrogen-bond donors (Lipinski definition) is 1. The number of benzene rings is 3. The molecule has 1 N–H and O–H groups in total. The van der Waals surface area contributed by atoms with Crippen LogP contribution in [0.2, 0.25) is 0 Å². The highest BCUT2D eigenvalue weighted by molar-refractivity contribution is 5.94. The average Bonchev–Trinajstić information content (AvgIpc) is 3.27. The van der Waals surface area contributed by atoms with E-state index in [-0.39, 0.29) is 36.9 Å². The molecule has 7 heteroatoms. The first-order valence-electron chi connectivity index (χ1n) is 10.9. The number of pyridine rings is 1. The molecule has 3 aromatic carbocycles. The number of amides is 1. The molecule has 0 fully saturated rings. The maximum absolute atomic E-state index is 13.9. The van der Waals surface area contributed by atoms with Gasteiger partial charge in [0.15, 0.2) is 11.5 Å². The van der Waals surface area contributed by atoms with Crippen molar-refractivity contribution in [3.05, 3.63) is 105 Å². The van der Waals surface area contributed by atoms with Crippen LogP contribution in [0, 0.1) is 19.7 Å². The number of aromatic amines is 1. The van der Waals surface area contributed by atoms with Crippen LogP contribution in [0.4, 0.5) is 4.39 Å². The van der Waals surface area contributed by atoms with E-state index in [0.29, 0.717) is 17.1 Å². The zero-order valence-corrected chi connectivity index (χ0v) is 18.9. The van der Waals surface area contributed by atoms with Crippen molar-refractivity contribution >= 4 is 16.8 Å². The zero-order chi connectivity index (χ0) is 23.8. The van der Waals surface area contributed by atoms with Gasteiger partial charge in [-0.3, -0.25) is 9.59 Å². The Morgan fingerprint density at radius 1 is 1.00 bits per heavy atom. The monoisotopic (exact) mass is 458 g/mol. The molecule has 4 aromatic rings. The van der Waals surface area contributed by atoms with Gasteiger partial charge >= 0.3 is 0 Å². The zero-order valence-electron chi connectivity index (χ0n) is 18.9. The number of carbonyl (C=O) groups is 1. The topological polar surface area (TPSA) is 71.6 Å². The molecule has 1 amide bonds. The summed E-state index contributed by atoms with van der Waals surface area (Å²) in [5, 5.41) is 0.918. The Bertz CT molecular complexity index is 1480. The van der Waals surface area contributed by atoms with Gasteiger partial charge in [-0.15, -0.1) is 0 Å². The highest BCUT2D eigenvalue weighted by Crippen LogP contribution is 2.33. The Morgan fingerprint density at radius 2 is 1.82 bits per heavy atom. The van der Waals surface area contributed by atoms with Crippen molar-refractivity contribution in [2.45, 2.75) is 26.9 Å². The lowest BCUT2D eigenvalue weighted by atomic mass is 10.0. The maximum Gasteiger partial charge on any atom is 0.254 e. The Kier molecular flexibility index (Phi) is 5.53. The molecular weight excluding hydrogens is 435 g/mol. The Morgan fingerprint density at radius 3 is 2.65 bits per heavy atom. The molecule has 0 saturated heterocycles. The summed E-state index contributed by atoms with van der Waals surface area (Å²) in [5.41, 5.74) is 4.04. The molecule has 2 heterocycles. The number of aromatic nitrogens is 1. The third-order valence-electron chi connectivity index (χ3n) is 5.92. The van der Waals surface area contributed by atoms with Gasteiger partial charge in [-0.25, -0.2) is 4.39 Å². The molecule has 0 saturated carbocycles. The van der Waals surface area contributed by atoms with E-state index in [1.165, 1.54) is 23.1 Å². The van der Waals surface area contributed by atoms with Crippen molar-refractivity contribution in [2.24, 2.45) is 0 Å². The smallest absolute Gasteiger partial charge is 0.254 e. The molecule has 0 unspecified atom stereocenters. The van der Waals surface area contributed by atoms with Crippen molar-refractivity contribution in [1.29, 1.82) is 0 Å². The normalized spacial score (nSPS) is 12.2. The molecule has 0 atom stereocenters. The summed E-state index contributed by atoms with van der Waals surface area (Å²) in [5.74, 6) is 0.370. The molecule has 172 valence electrons. The quantitative estimate of drug-likeness (QED) is 0.464. The number of fused-ring (bicyclic) bond motifs is 2. The van der Waals surface area contributed by atoms with E-state index in [2.05, 4.69) is 4.98 Å². The number of hydrogen-bond acceptors (Lipinski definition) is 4. The minimum Gasteiger partial charge on any atom is -0.454 e. The van der Waals surface area contributed by atoms with Crippen molar-refractivity contribution < 1.29 is 18.7 Å². The number of ether oxygens (including phenoxy) is 2. The van der Waals surface area contributed by atoms with Crippen molar-refractivity contribution in [2.75, 3.05) is 6.79 Å². The van der Waals surface area contributed by atoms with Crippen LogP contribution in [0.1, 0.15) is 32.6 Å². The lowest BCUT2D eigenvalue weighted by Gasteiger charge is -2.23. The molecular formula is C27H23FN2O4. The van der Waals surface area contributed by atoms with Crippen LogP contribution < -0.4 is 15.0 Å². The van der Waals surface area contributed by atoms with Crippen LogP contribution in [0.3, 0.4) is 0 Å². The molecule has 5 rings (SSSR count). The van der Waals surface area contributed by atoms with Crippen molar-refractivity contribution in [3.63, 3.8) is 0 Å². The van der Waals surface area contributed by atoms with Crippen LogP contribution in [-0.2, 0) is 13.1 Å². The lowest BCUT2D eigenvalue weighted by Crippen LogP contribution is -2.32. The van der Waals surface area contributed by atoms with E-state index in [9.17, 15) is 14.0 Å². The average molecular weight is 458 g/mol. The minimum absolute atomic E-state index is 0.0579. The number of carbonyl (C=O) groups excluding carboxylic acids is 1. The molecule has 34 heavy (non-hydrogen) atoms. The largest absolute Gasteiger partial charge is 0.454 e. The number of nitrogens with one attached hydrogen (secondary N) is 1. The summed E-state index contributed by atoms with van der Waals surface area (Å²) in [7, 11) is 0. The fourth-order valence-electron chi connectivity index (χ4n) is 4.30. The Hall–Kier alpha value is -4.13. The first kappa shape index (κ1) is 21.7. The van der Waals surface area contributed by atoms with Gasteiger partial charge in [-0.2, -0.15) is 0 Å². The van der Waals surface area contributed by atoms with Gasteiger partial charge in [0.05, 0.1) is 6.54 Å². The van der Waals surface area contributed by atoms with Gasteiger partial charge in [0.1, 0.15) is 5.82 Å². The van der Waals surface area contributed by atoms with Crippen molar-refractivity contribution in [3.8, 4) is 11.5 Å². The van der Waals surface area contributed by atoms with E-state index in [1.807, 2.05) is 44.2 Å². The number of H-pyrrole nitrogens is 1. The number of halogens is 1. The van der Waals surface area contributed by atoms with Crippen molar-refractivity contribution in [1.82, 2.24) is 9.88 Å². The third-order valence-corrected chi connectivity index (χ3v) is 5.92. The predicted octanol–water partition coefficient (Wildman–Crippen LogP) is 4.86. The second kappa shape index (κ2) is 8.67. The molecule has 0 aliphatic carbocycles. The predicted molar refractivity (Wildman–Crippen MR) is 127 cm³/mol. The second-order valence-electron chi connectivity index (χ2n) is 8.53. The van der Waals surface area contributed by atoms with Gasteiger partial charge in [-0.05, 0) is 73.0 Å². The summed E-state index contributed by atoms with van der Waals surface area (Å²) < 4.78 is 24.7. The molecule has 0 spiro atoms. The summed E-state index contributed by atoms with van der Waals surface area (Å²) in [4.78, 5) is 30.8. The van der Waals surface area contributed by atoms with Crippen LogP contribution >= 0.6 is 0 Å². The Labute approximate surface area is 195 Å². The molecule has 1 aliphatic heterocycles. The SMILES string of the molecule is Cc1cc(C)c2cc(CN(Cc3ccc4c(c3)OCO4)C(=O)c3cccc(F)c3)c(=O)[nH]c2c1. The number of nitrogens with zero attached hydrogens (tertiary/aromatic N) is 1. The van der Waals surface area contributed by atoms with E-state index in [1.54, 1.807) is 12.1 Å². The maximum atomic E-state index is 13.9. The van der Waals surface area contributed by atoms with Crippen LogP contribution in [-0.4, -0.2) is 22.6 Å². The number of aryl methyl sites for hydroxylation is 2. The third kappa shape index (κ3) is 4.24. The highest BCUT2D eigenvalue weighted by Gasteiger charge is 2.21. The fourth-order valence-corrected chi connectivity index (χ4v) is 4.30. The van der Waals surface area contributed by atoms with Gasteiger partial charge in [-0.1, -0.05) is 18.2 Å². The lowest BCUT2D eigenvalue weighted by molar-refractivity contribution is 0.0728. The van der Waals surface area contributed by atoms with Gasteiger partial charge in [0.25, 0.3) is 11.5 Å². The Balaban J connectivity index is 1.53. The summed E-state index contributed by atoms with van der Waals surface area (Å²) in [6, 6.07) is 16.8. The fraction of sp³-hybridized carbons (Fsp3) is 0.185. The van der Waals surface area contributed by atoms with Crippen LogP contribution in [0.15, 0.2) is 65.5 Å². The van der Waals surface area contributed by atoms with Crippen LogP contribution in [0.5, 0.6) is 11.5 Å². The van der Waals surface area contributed by atoms with E-state index in [0.717, 1.165) is 27.6 Å². The summed E-state index contributed by atoms with van der Waals surface area (Å²) >= 11 is 0. The van der Waals surface area contributed by atoms with Gasteiger partial charge in [0, 0.05) is 28.6 Å². The summed E-state index contributed by atoms with van der Waals surface area (Å²) in [6.07, 6.45) is 0. The molecule has 6 nitrogen and oxygen atoms in total. The second-order valence-corrected chi connectivity index (χ2v) is 8.53. The first-order valence-corrected chi connectivity index (χ1v) is 10.9. The van der Waals surface area contributed by atoms with E-state index in [4.69, 9.17) is 9.47 Å². The van der Waals surface area contributed by atoms with Gasteiger partial charge < -0.3 is 19.4 Å². The van der Waals surface area contributed by atoms with E-state index >= 15 is 0 Å². The van der Waals surface area contributed by atoms with Gasteiger partial charge in [0.2, 0.25) is 6.79 Å². The van der Waals surface area contributed by atoms with Crippen LogP contribution in [0.25, 0.3) is 10.9 Å². The molecule has 1 aromatic heterocycles. The highest BCUT2D eigenvalue weighted by atomic mass is 19.1. The molecule has 0 bridgehead atoms. The standard InChI is InChI=1S/C27H23FN2O4/c1-16-8-17(2)22-12-20(26(31)29-23(22)9-16)14-30(27(32)19-4-3-5-21(28)11-19)13-18-6-7-24-25(10-18)34-15-33-24/h3-12H,13-15H2,1-2H3,(H,29,31). The minimum atomic E-state index is -0.497. The molecule has 1 aliphatic rings.